The average molecular weight is 372 g/mol. The largest absolute Gasteiger partial charge is 0.343 e. The Balaban J connectivity index is 1.84. The number of rotatable bonds is 5. The van der Waals surface area contributed by atoms with E-state index in [1.165, 1.54) is 11.8 Å². The quantitative estimate of drug-likeness (QED) is 0.778. The van der Waals surface area contributed by atoms with Gasteiger partial charge in [0.2, 0.25) is 5.91 Å². The van der Waals surface area contributed by atoms with Crippen LogP contribution in [0.25, 0.3) is 0 Å². The fourth-order valence-electron chi connectivity index (χ4n) is 2.96. The zero-order chi connectivity index (χ0) is 18.7. The molecule has 1 saturated heterocycles. The van der Waals surface area contributed by atoms with E-state index in [1.807, 2.05) is 82.3 Å². The summed E-state index contributed by atoms with van der Waals surface area (Å²) in [5.41, 5.74) is 1.91. The third-order valence-electron chi connectivity index (χ3n) is 4.53. The molecule has 138 valence electrons. The second-order valence-corrected chi connectivity index (χ2v) is 8.01. The molecule has 3 rings (SSSR count). The molecule has 1 unspecified atom stereocenters. The minimum Gasteiger partial charge on any atom is -0.343 e. The van der Waals surface area contributed by atoms with Gasteiger partial charge in [0, 0.05) is 10.6 Å². The van der Waals surface area contributed by atoms with E-state index in [1.54, 1.807) is 0 Å². The Bertz CT molecular complexity index is 738. The minimum absolute atomic E-state index is 0.0638. The van der Waals surface area contributed by atoms with Crippen molar-refractivity contribution >= 4 is 23.4 Å². The summed E-state index contributed by atoms with van der Waals surface area (Å²) in [5.74, 6) is -1.12. The van der Waals surface area contributed by atoms with Crippen LogP contribution in [0.1, 0.15) is 26.3 Å². The highest BCUT2D eigenvalue weighted by Gasteiger charge is 2.49. The predicted molar refractivity (Wildman–Crippen MR) is 105 cm³/mol. The van der Waals surface area contributed by atoms with Crippen LogP contribution in [0, 0.1) is 6.92 Å². The first kappa shape index (κ1) is 19.0. The third kappa shape index (κ3) is 4.29. The molecule has 5 heteroatoms. The number of amides is 1. The van der Waals surface area contributed by atoms with Gasteiger partial charge in [0.1, 0.15) is 5.25 Å². The van der Waals surface area contributed by atoms with Gasteiger partial charge >= 0.3 is 0 Å². The van der Waals surface area contributed by atoms with E-state index in [4.69, 9.17) is 9.47 Å². The lowest BCUT2D eigenvalue weighted by Gasteiger charge is -2.31. The minimum atomic E-state index is -0.992. The molecule has 0 radical (unpaired) electrons. The van der Waals surface area contributed by atoms with Crippen molar-refractivity contribution in [1.82, 2.24) is 0 Å². The van der Waals surface area contributed by atoms with Crippen molar-refractivity contribution in [3.05, 3.63) is 60.2 Å². The van der Waals surface area contributed by atoms with Gasteiger partial charge < -0.3 is 14.8 Å². The van der Waals surface area contributed by atoms with Gasteiger partial charge in [0.05, 0.1) is 12.2 Å². The maximum Gasteiger partial charge on any atom is 0.243 e. The summed E-state index contributed by atoms with van der Waals surface area (Å²) in [6.07, 6.45) is -0.128. The molecule has 0 aromatic heterocycles. The molecule has 1 amide bonds. The molecular formula is C21H25NO3S. The van der Waals surface area contributed by atoms with Crippen LogP contribution in [-0.2, 0) is 14.3 Å². The van der Waals surface area contributed by atoms with Crippen molar-refractivity contribution in [3.8, 4) is 0 Å². The highest BCUT2D eigenvalue weighted by molar-refractivity contribution is 8.00. The van der Waals surface area contributed by atoms with Crippen LogP contribution in [-0.4, -0.2) is 29.2 Å². The van der Waals surface area contributed by atoms with Crippen LogP contribution in [0.4, 0.5) is 5.69 Å². The summed E-state index contributed by atoms with van der Waals surface area (Å²) in [7, 11) is 0. The first-order valence-electron chi connectivity index (χ1n) is 8.82. The number of anilines is 1. The van der Waals surface area contributed by atoms with Gasteiger partial charge in [0.25, 0.3) is 0 Å². The SMILES string of the molecule is Cc1ccc(NC(=O)C(Sc2ccccc2)C2(C)O[C@H](C)[C@@H](C)O2)cc1. The van der Waals surface area contributed by atoms with E-state index in [-0.39, 0.29) is 18.1 Å². The van der Waals surface area contributed by atoms with Crippen LogP contribution in [0.3, 0.4) is 0 Å². The topological polar surface area (TPSA) is 47.6 Å². The first-order valence-corrected chi connectivity index (χ1v) is 9.70. The van der Waals surface area contributed by atoms with E-state index >= 15 is 0 Å². The molecule has 3 atom stereocenters. The van der Waals surface area contributed by atoms with Crippen LogP contribution in [0.15, 0.2) is 59.5 Å². The Morgan fingerprint density at radius 2 is 1.62 bits per heavy atom. The zero-order valence-electron chi connectivity index (χ0n) is 15.6. The van der Waals surface area contributed by atoms with E-state index in [0.717, 1.165) is 16.1 Å². The summed E-state index contributed by atoms with van der Waals surface area (Å²) in [5, 5.41) is 2.46. The molecule has 0 aliphatic carbocycles. The lowest BCUT2D eigenvalue weighted by atomic mass is 10.2. The summed E-state index contributed by atoms with van der Waals surface area (Å²) in [6.45, 7) is 7.81. The third-order valence-corrected chi connectivity index (χ3v) is 5.95. The van der Waals surface area contributed by atoms with Crippen molar-refractivity contribution in [3.63, 3.8) is 0 Å². The van der Waals surface area contributed by atoms with Crippen LogP contribution >= 0.6 is 11.8 Å². The monoisotopic (exact) mass is 371 g/mol. The van der Waals surface area contributed by atoms with Crippen LogP contribution in [0.5, 0.6) is 0 Å². The second-order valence-electron chi connectivity index (χ2n) is 6.83. The van der Waals surface area contributed by atoms with Crippen LogP contribution in [0.2, 0.25) is 0 Å². The molecule has 0 spiro atoms. The van der Waals surface area contributed by atoms with Crippen molar-refractivity contribution in [2.45, 2.75) is 55.8 Å². The van der Waals surface area contributed by atoms with Gasteiger partial charge in [-0.1, -0.05) is 35.9 Å². The van der Waals surface area contributed by atoms with Gasteiger partial charge in [-0.2, -0.15) is 0 Å². The number of aryl methyl sites for hydroxylation is 1. The number of thioether (sulfide) groups is 1. The summed E-state index contributed by atoms with van der Waals surface area (Å²) in [6, 6.07) is 17.6. The molecule has 26 heavy (non-hydrogen) atoms. The Morgan fingerprint density at radius 3 is 2.19 bits per heavy atom. The standard InChI is InChI=1S/C21H25NO3S/c1-14-10-12-17(13-11-14)22-20(23)19(26-18-8-6-5-7-9-18)21(4)24-15(2)16(3)25-21/h5-13,15-16,19H,1-4H3,(H,22,23)/t15-,16-,19?/m1/s1. The Labute approximate surface area is 159 Å². The number of benzene rings is 2. The smallest absolute Gasteiger partial charge is 0.243 e. The van der Waals surface area contributed by atoms with Gasteiger partial charge in [-0.3, -0.25) is 4.79 Å². The molecule has 1 heterocycles. The number of carbonyl (C=O) groups excluding carboxylic acids is 1. The molecule has 2 aromatic rings. The molecule has 0 saturated carbocycles. The summed E-state index contributed by atoms with van der Waals surface area (Å²) < 4.78 is 12.1. The highest BCUT2D eigenvalue weighted by Crippen LogP contribution is 2.40. The molecule has 1 fully saturated rings. The highest BCUT2D eigenvalue weighted by atomic mass is 32.2. The lowest BCUT2D eigenvalue weighted by molar-refractivity contribution is -0.164. The van der Waals surface area contributed by atoms with Gasteiger partial charge in [0.15, 0.2) is 5.79 Å². The maximum atomic E-state index is 13.1. The first-order chi connectivity index (χ1) is 12.4. The number of hydrogen-bond donors (Lipinski definition) is 1. The molecule has 0 bridgehead atoms. The van der Waals surface area contributed by atoms with Crippen molar-refractivity contribution in [2.24, 2.45) is 0 Å². The zero-order valence-corrected chi connectivity index (χ0v) is 16.4. The fourth-order valence-corrected chi connectivity index (χ4v) is 4.04. The summed E-state index contributed by atoms with van der Waals surface area (Å²) >= 11 is 1.46. The van der Waals surface area contributed by atoms with E-state index < -0.39 is 11.0 Å². The predicted octanol–water partition coefficient (Wildman–Crippen LogP) is 4.63. The second kappa shape index (κ2) is 7.82. The van der Waals surface area contributed by atoms with E-state index in [0.29, 0.717) is 0 Å². The van der Waals surface area contributed by atoms with Gasteiger partial charge in [-0.15, -0.1) is 11.8 Å². The van der Waals surface area contributed by atoms with Gasteiger partial charge in [-0.05, 0) is 52.0 Å². The number of ether oxygens (including phenoxy) is 2. The molecule has 1 aliphatic heterocycles. The lowest BCUT2D eigenvalue weighted by Crippen LogP contribution is -2.46. The Hall–Kier alpha value is -1.82. The average Bonchev–Trinajstić information content (AvgIpc) is 2.88. The molecule has 1 aliphatic rings. The van der Waals surface area contributed by atoms with E-state index in [2.05, 4.69) is 5.32 Å². The number of carbonyl (C=O) groups is 1. The van der Waals surface area contributed by atoms with Crippen molar-refractivity contribution in [2.75, 3.05) is 5.32 Å². The Morgan fingerprint density at radius 1 is 1.04 bits per heavy atom. The molecule has 2 aromatic carbocycles. The molecule has 1 N–H and O–H groups in total. The van der Waals surface area contributed by atoms with Gasteiger partial charge in [-0.25, -0.2) is 0 Å². The summed E-state index contributed by atoms with van der Waals surface area (Å²) in [4.78, 5) is 14.1. The molecule has 4 nitrogen and oxygen atoms in total. The maximum absolute atomic E-state index is 13.1. The number of nitrogens with one attached hydrogen (secondary N) is 1. The molecular weight excluding hydrogens is 346 g/mol. The van der Waals surface area contributed by atoms with Crippen molar-refractivity contribution < 1.29 is 14.3 Å². The van der Waals surface area contributed by atoms with E-state index in [9.17, 15) is 4.79 Å². The van der Waals surface area contributed by atoms with Crippen LogP contribution < -0.4 is 5.32 Å². The normalized spacial score (nSPS) is 22.8. The fraction of sp³-hybridized carbons (Fsp3) is 0.381. The number of hydrogen-bond acceptors (Lipinski definition) is 4. The Kier molecular flexibility index (Phi) is 5.70. The van der Waals surface area contributed by atoms with Crippen molar-refractivity contribution in [1.29, 1.82) is 0 Å².